The zero-order valence-electron chi connectivity index (χ0n) is 10.2. The molecule has 0 fully saturated rings. The number of aryl methyl sites for hydroxylation is 1. The first-order valence-corrected chi connectivity index (χ1v) is 5.65. The lowest BCUT2D eigenvalue weighted by Gasteiger charge is -2.06. The Morgan fingerprint density at radius 2 is 2.00 bits per heavy atom. The van der Waals surface area contributed by atoms with Crippen LogP contribution in [0.25, 0.3) is 11.4 Å². The standard InChI is InChI=1S/C13H14N2O3/c1-3-9-7(2)14-12(15-13(9)18)8-4-5-10(16)11(17)6-8/h4-6,16-17H,3H2,1-2H3,(H,14,15,18). The van der Waals surface area contributed by atoms with E-state index in [1.54, 1.807) is 13.0 Å². The van der Waals surface area contributed by atoms with E-state index in [1.807, 2.05) is 6.92 Å². The number of aromatic nitrogens is 2. The summed E-state index contributed by atoms with van der Waals surface area (Å²) in [7, 11) is 0. The van der Waals surface area contributed by atoms with Crippen LogP contribution in [-0.4, -0.2) is 20.2 Å². The molecule has 5 nitrogen and oxygen atoms in total. The summed E-state index contributed by atoms with van der Waals surface area (Å²) in [6.07, 6.45) is 0.620. The first-order valence-electron chi connectivity index (χ1n) is 5.65. The number of rotatable bonds is 2. The average molecular weight is 246 g/mol. The molecule has 0 aliphatic carbocycles. The van der Waals surface area contributed by atoms with Gasteiger partial charge < -0.3 is 15.2 Å². The third-order valence-electron chi connectivity index (χ3n) is 2.82. The highest BCUT2D eigenvalue weighted by atomic mass is 16.3. The Morgan fingerprint density at radius 3 is 2.56 bits per heavy atom. The van der Waals surface area contributed by atoms with Crippen LogP contribution in [0.4, 0.5) is 0 Å². The lowest BCUT2D eigenvalue weighted by Crippen LogP contribution is -2.16. The van der Waals surface area contributed by atoms with Gasteiger partial charge in [-0.3, -0.25) is 4.79 Å². The van der Waals surface area contributed by atoms with E-state index in [-0.39, 0.29) is 17.1 Å². The molecule has 5 heteroatoms. The molecule has 0 saturated heterocycles. The molecule has 0 aliphatic rings. The van der Waals surface area contributed by atoms with Crippen molar-refractivity contribution in [3.05, 3.63) is 39.8 Å². The molecule has 1 heterocycles. The van der Waals surface area contributed by atoms with Gasteiger partial charge in [0.2, 0.25) is 0 Å². The lowest BCUT2D eigenvalue weighted by atomic mass is 10.1. The van der Waals surface area contributed by atoms with Crippen LogP contribution in [0.1, 0.15) is 18.2 Å². The number of nitrogens with zero attached hydrogens (tertiary/aromatic N) is 1. The van der Waals surface area contributed by atoms with E-state index in [0.29, 0.717) is 29.1 Å². The van der Waals surface area contributed by atoms with Crippen molar-refractivity contribution in [3.63, 3.8) is 0 Å². The Bertz CT molecular complexity index is 647. The van der Waals surface area contributed by atoms with Crippen molar-refractivity contribution in [3.8, 4) is 22.9 Å². The fraction of sp³-hybridized carbons (Fsp3) is 0.231. The minimum atomic E-state index is -0.243. The van der Waals surface area contributed by atoms with Crippen molar-refractivity contribution in [1.82, 2.24) is 9.97 Å². The van der Waals surface area contributed by atoms with Crippen molar-refractivity contribution in [2.45, 2.75) is 20.3 Å². The summed E-state index contributed by atoms with van der Waals surface area (Å²) in [5.74, 6) is -0.0691. The van der Waals surface area contributed by atoms with Crippen molar-refractivity contribution >= 4 is 0 Å². The van der Waals surface area contributed by atoms with Gasteiger partial charge in [0.15, 0.2) is 11.5 Å². The van der Waals surface area contributed by atoms with Gasteiger partial charge in [-0.25, -0.2) is 4.98 Å². The summed E-state index contributed by atoms with van der Waals surface area (Å²) in [5, 5.41) is 18.7. The number of benzene rings is 1. The molecule has 1 aromatic carbocycles. The number of hydrogen-bond acceptors (Lipinski definition) is 4. The number of H-pyrrole nitrogens is 1. The first-order chi connectivity index (χ1) is 8.52. The molecule has 3 N–H and O–H groups in total. The summed E-state index contributed by atoms with van der Waals surface area (Å²) in [5.41, 5.74) is 1.70. The maximum Gasteiger partial charge on any atom is 0.254 e. The molecule has 0 unspecified atom stereocenters. The Morgan fingerprint density at radius 1 is 1.28 bits per heavy atom. The van der Waals surface area contributed by atoms with Gasteiger partial charge in [-0.05, 0) is 31.5 Å². The maximum atomic E-state index is 11.8. The van der Waals surface area contributed by atoms with E-state index in [9.17, 15) is 15.0 Å². The minimum absolute atomic E-state index is 0.174. The van der Waals surface area contributed by atoms with E-state index in [4.69, 9.17) is 0 Å². The second-order valence-electron chi connectivity index (χ2n) is 4.04. The number of phenolic OH excluding ortho intramolecular Hbond substituents is 2. The van der Waals surface area contributed by atoms with E-state index in [1.165, 1.54) is 12.1 Å². The van der Waals surface area contributed by atoms with E-state index < -0.39 is 0 Å². The van der Waals surface area contributed by atoms with Crippen molar-refractivity contribution in [2.24, 2.45) is 0 Å². The van der Waals surface area contributed by atoms with Crippen LogP contribution >= 0.6 is 0 Å². The van der Waals surface area contributed by atoms with Gasteiger partial charge in [-0.2, -0.15) is 0 Å². The number of aromatic hydroxyl groups is 2. The molecule has 0 atom stereocenters. The van der Waals surface area contributed by atoms with Gasteiger partial charge in [0.1, 0.15) is 5.82 Å². The van der Waals surface area contributed by atoms with Gasteiger partial charge in [-0.1, -0.05) is 6.92 Å². The quantitative estimate of drug-likeness (QED) is 0.704. The van der Waals surface area contributed by atoms with E-state index in [0.717, 1.165) is 0 Å². The molecular weight excluding hydrogens is 232 g/mol. The third-order valence-corrected chi connectivity index (χ3v) is 2.82. The fourth-order valence-electron chi connectivity index (χ4n) is 1.83. The molecule has 94 valence electrons. The molecule has 1 aromatic heterocycles. The number of phenols is 2. The smallest absolute Gasteiger partial charge is 0.254 e. The predicted molar refractivity (Wildman–Crippen MR) is 67.7 cm³/mol. The van der Waals surface area contributed by atoms with Crippen LogP contribution in [0, 0.1) is 6.92 Å². The Labute approximate surface area is 104 Å². The second-order valence-corrected chi connectivity index (χ2v) is 4.04. The molecule has 0 aliphatic heterocycles. The van der Waals surface area contributed by atoms with Gasteiger partial charge in [0.25, 0.3) is 5.56 Å². The first kappa shape index (κ1) is 12.2. The molecule has 0 amide bonds. The summed E-state index contributed by atoms with van der Waals surface area (Å²) >= 11 is 0. The Kier molecular flexibility index (Phi) is 3.06. The molecule has 0 radical (unpaired) electrons. The summed E-state index contributed by atoms with van der Waals surface area (Å²) in [6.45, 7) is 3.67. The molecule has 2 aromatic rings. The van der Waals surface area contributed by atoms with Crippen LogP contribution in [0.3, 0.4) is 0 Å². The van der Waals surface area contributed by atoms with Gasteiger partial charge in [0, 0.05) is 16.8 Å². The molecular formula is C13H14N2O3. The van der Waals surface area contributed by atoms with Gasteiger partial charge in [-0.15, -0.1) is 0 Å². The van der Waals surface area contributed by atoms with E-state index in [2.05, 4.69) is 9.97 Å². The molecule has 0 saturated carbocycles. The zero-order valence-corrected chi connectivity index (χ0v) is 10.2. The maximum absolute atomic E-state index is 11.8. The highest BCUT2D eigenvalue weighted by Gasteiger charge is 2.09. The molecule has 18 heavy (non-hydrogen) atoms. The highest BCUT2D eigenvalue weighted by Crippen LogP contribution is 2.28. The zero-order chi connectivity index (χ0) is 13.3. The fourth-order valence-corrected chi connectivity index (χ4v) is 1.83. The number of hydrogen-bond donors (Lipinski definition) is 3. The van der Waals surface area contributed by atoms with Crippen LogP contribution in [-0.2, 0) is 6.42 Å². The van der Waals surface area contributed by atoms with Crippen LogP contribution in [0.15, 0.2) is 23.0 Å². The molecule has 2 rings (SSSR count). The summed E-state index contributed by atoms with van der Waals surface area (Å²) in [6, 6.07) is 4.30. The minimum Gasteiger partial charge on any atom is -0.504 e. The average Bonchev–Trinajstić information content (AvgIpc) is 2.32. The highest BCUT2D eigenvalue weighted by molar-refractivity contribution is 5.60. The van der Waals surface area contributed by atoms with Crippen molar-refractivity contribution < 1.29 is 10.2 Å². The summed E-state index contributed by atoms with van der Waals surface area (Å²) in [4.78, 5) is 18.8. The normalized spacial score (nSPS) is 10.6. The van der Waals surface area contributed by atoms with Crippen LogP contribution in [0.5, 0.6) is 11.5 Å². The monoisotopic (exact) mass is 246 g/mol. The molecule has 0 spiro atoms. The largest absolute Gasteiger partial charge is 0.504 e. The number of nitrogens with one attached hydrogen (secondary N) is 1. The van der Waals surface area contributed by atoms with Gasteiger partial charge in [0.05, 0.1) is 0 Å². The predicted octanol–water partition coefficient (Wildman–Crippen LogP) is 1.72. The third kappa shape index (κ3) is 2.07. The summed E-state index contributed by atoms with van der Waals surface area (Å²) < 4.78 is 0. The SMILES string of the molecule is CCc1c(C)nc(-c2ccc(O)c(O)c2)[nH]c1=O. The second kappa shape index (κ2) is 4.52. The lowest BCUT2D eigenvalue weighted by molar-refractivity contribution is 0.404. The Balaban J connectivity index is 2.58. The van der Waals surface area contributed by atoms with Crippen molar-refractivity contribution in [2.75, 3.05) is 0 Å². The molecule has 0 bridgehead atoms. The van der Waals surface area contributed by atoms with E-state index >= 15 is 0 Å². The Hall–Kier alpha value is -2.30. The topological polar surface area (TPSA) is 86.2 Å². The van der Waals surface area contributed by atoms with Crippen LogP contribution in [0.2, 0.25) is 0 Å². The van der Waals surface area contributed by atoms with Gasteiger partial charge >= 0.3 is 0 Å². The number of aromatic amines is 1. The van der Waals surface area contributed by atoms with Crippen molar-refractivity contribution in [1.29, 1.82) is 0 Å². The van der Waals surface area contributed by atoms with Crippen LogP contribution < -0.4 is 5.56 Å².